The largest absolute Gasteiger partial charge is 0.513 e. The number of anilines is 3. The average molecular weight is 529 g/mol. The lowest BCUT2D eigenvalue weighted by molar-refractivity contribution is -0.140. The predicted octanol–water partition coefficient (Wildman–Crippen LogP) is 6.13. The summed E-state index contributed by atoms with van der Waals surface area (Å²) in [6.45, 7) is 11.9. The number of aliphatic hydroxyl groups excluding tert-OH is 1. The lowest BCUT2D eigenvalue weighted by Crippen LogP contribution is -2.09. The zero-order valence-corrected chi connectivity index (χ0v) is 23.4. The Hall–Kier alpha value is -3.59. The van der Waals surface area contributed by atoms with Gasteiger partial charge in [-0.3, -0.25) is 9.00 Å². The highest BCUT2D eigenvalue weighted by molar-refractivity contribution is 7.99. The summed E-state index contributed by atoms with van der Waals surface area (Å²) in [5.74, 6) is 4.92. The molecule has 1 aromatic heterocycles. The van der Waals surface area contributed by atoms with Crippen LogP contribution in [0, 0.1) is 0 Å². The molecule has 1 aromatic carbocycles. The number of esters is 1. The molecule has 0 saturated carbocycles. The van der Waals surface area contributed by atoms with Crippen LogP contribution in [0.25, 0.3) is 5.57 Å². The minimum atomic E-state index is -2.24. The third-order valence-electron chi connectivity index (χ3n) is 4.89. The molecular weight excluding hydrogens is 488 g/mol. The van der Waals surface area contributed by atoms with Crippen molar-refractivity contribution < 1.29 is 18.8 Å². The Bertz CT molecular complexity index is 1190. The van der Waals surface area contributed by atoms with Crippen LogP contribution in [0.15, 0.2) is 65.9 Å². The van der Waals surface area contributed by atoms with Gasteiger partial charge in [-0.15, -0.1) is 0 Å². The number of carbonyl (C=O) groups excluding carboxylic acids is 1. The van der Waals surface area contributed by atoms with Gasteiger partial charge in [0.1, 0.15) is 5.82 Å². The highest BCUT2D eigenvalue weighted by Gasteiger charge is 2.10. The van der Waals surface area contributed by atoms with E-state index in [1.807, 2.05) is 44.2 Å². The predicted molar refractivity (Wildman–Crippen MR) is 156 cm³/mol. The van der Waals surface area contributed by atoms with E-state index < -0.39 is 9.52 Å². The van der Waals surface area contributed by atoms with Gasteiger partial charge in [-0.2, -0.15) is 4.98 Å². The van der Waals surface area contributed by atoms with Crippen LogP contribution in [0.1, 0.15) is 52.5 Å². The lowest BCUT2D eigenvalue weighted by Gasteiger charge is -2.14. The minimum absolute atomic E-state index is 0.211. The van der Waals surface area contributed by atoms with E-state index in [2.05, 4.69) is 37.8 Å². The van der Waals surface area contributed by atoms with Crippen molar-refractivity contribution >= 4 is 44.4 Å². The second-order valence-electron chi connectivity index (χ2n) is 8.36. The number of allylic oxidation sites excluding steroid dienone is 5. The molecule has 2 aromatic rings. The van der Waals surface area contributed by atoms with Crippen molar-refractivity contribution in [3.63, 3.8) is 0 Å². The maximum atomic E-state index is 12.1. The van der Waals surface area contributed by atoms with Gasteiger partial charge in [0.25, 0.3) is 0 Å². The third kappa shape index (κ3) is 12.8. The van der Waals surface area contributed by atoms with E-state index in [0.29, 0.717) is 23.9 Å². The molecule has 0 bridgehead atoms. The topological polar surface area (TPSA) is 113 Å². The smallest absolute Gasteiger partial charge is 0.302 e. The monoisotopic (exact) mass is 528 g/mol. The molecule has 0 fully saturated rings. The highest BCUT2D eigenvalue weighted by Crippen LogP contribution is 2.24. The van der Waals surface area contributed by atoms with Crippen LogP contribution >= 0.6 is 0 Å². The van der Waals surface area contributed by atoms with Crippen LogP contribution in [-0.4, -0.2) is 50.5 Å². The summed E-state index contributed by atoms with van der Waals surface area (Å²) in [7, 11) is -2.24. The van der Waals surface area contributed by atoms with E-state index in [9.17, 15) is 14.1 Å². The molecular formula is C28H40N4O4S. The summed E-state index contributed by atoms with van der Waals surface area (Å²) < 4.78 is 16.5. The number of hydrogen-bond acceptors (Lipinski definition) is 8. The van der Waals surface area contributed by atoms with Crippen molar-refractivity contribution in [2.75, 3.05) is 30.0 Å². The lowest BCUT2D eigenvalue weighted by atomic mass is 10.1. The van der Waals surface area contributed by atoms with E-state index in [0.717, 1.165) is 42.0 Å². The summed E-state index contributed by atoms with van der Waals surface area (Å²) in [5, 5.41) is 15.8. The third-order valence-corrected chi connectivity index (χ3v) is 6.16. The van der Waals surface area contributed by atoms with Crippen LogP contribution in [0.3, 0.4) is 0 Å². The van der Waals surface area contributed by atoms with Crippen LogP contribution in [0.5, 0.6) is 0 Å². The summed E-state index contributed by atoms with van der Waals surface area (Å²) >= 11 is 0. The first-order valence-electron chi connectivity index (χ1n) is 12.1. The molecule has 9 heteroatoms. The Morgan fingerprint density at radius 3 is 2.41 bits per heavy atom. The SMILES string of the molecule is C=C(O)CCCCNc1nc(Nc2ccc(S(=C)(C)=O)cc2)ncc1/C(C)=C/C=C\C.CCOC(C)=O. The van der Waals surface area contributed by atoms with Gasteiger partial charge in [0.15, 0.2) is 0 Å². The van der Waals surface area contributed by atoms with E-state index >= 15 is 0 Å². The molecule has 1 atom stereocenters. The standard InChI is InChI=1S/C24H32N4O2S.C4H8O2/c1-6-7-10-18(2)22-17-26-24(28-23(22)25-16-9-8-11-19(3)29)27-20-12-14-21(15-13-20)31(4,5)30;1-3-6-4(2)5/h6-7,10,12-15,17,29H,3-4,8-9,11,16H2,1-2,5H3,(H2,25,26,27,28);3H2,1-2H3/b7-6-,18-10+;. The number of nitrogens with zero attached hydrogens (tertiary/aromatic N) is 2. The van der Waals surface area contributed by atoms with Crippen LogP contribution in [-0.2, 0) is 19.1 Å². The molecule has 0 radical (unpaired) electrons. The molecule has 202 valence electrons. The van der Waals surface area contributed by atoms with Crippen molar-refractivity contribution in [3.05, 3.63) is 66.6 Å². The average Bonchev–Trinajstić information content (AvgIpc) is 2.82. The number of aromatic nitrogens is 2. The summed E-state index contributed by atoms with van der Waals surface area (Å²) in [6.07, 6.45) is 11.7. The first-order valence-corrected chi connectivity index (χ1v) is 14.2. The second kappa shape index (κ2) is 16.2. The van der Waals surface area contributed by atoms with E-state index in [1.54, 1.807) is 31.5 Å². The van der Waals surface area contributed by atoms with Gasteiger partial charge in [0.2, 0.25) is 5.95 Å². The Balaban J connectivity index is 0.00000102. The zero-order chi connectivity index (χ0) is 27.8. The van der Waals surface area contributed by atoms with Crippen molar-refractivity contribution in [2.45, 2.75) is 51.9 Å². The first-order chi connectivity index (χ1) is 17.5. The number of rotatable bonds is 12. The number of hydrogen-bond donors (Lipinski definition) is 3. The molecule has 37 heavy (non-hydrogen) atoms. The Morgan fingerprint density at radius 2 is 1.89 bits per heavy atom. The van der Waals surface area contributed by atoms with Crippen molar-refractivity contribution in [2.24, 2.45) is 0 Å². The van der Waals surface area contributed by atoms with Gasteiger partial charge in [-0.1, -0.05) is 24.8 Å². The summed E-state index contributed by atoms with van der Waals surface area (Å²) in [6, 6.07) is 7.27. The van der Waals surface area contributed by atoms with Gasteiger partial charge >= 0.3 is 5.97 Å². The quantitative estimate of drug-likeness (QED) is 0.0991. The molecule has 0 saturated heterocycles. The number of ether oxygens (including phenoxy) is 1. The fourth-order valence-corrected chi connectivity index (χ4v) is 3.73. The van der Waals surface area contributed by atoms with Gasteiger partial charge in [-0.05, 0) is 78.8 Å². The molecule has 0 spiro atoms. The second-order valence-corrected chi connectivity index (χ2v) is 10.8. The fraction of sp³-hybridized carbons (Fsp3) is 0.357. The van der Waals surface area contributed by atoms with Crippen molar-refractivity contribution in [1.82, 2.24) is 9.97 Å². The number of benzene rings is 1. The molecule has 3 N–H and O–H groups in total. The molecule has 1 unspecified atom stereocenters. The van der Waals surface area contributed by atoms with E-state index in [-0.39, 0.29) is 11.7 Å². The maximum absolute atomic E-state index is 12.1. The summed E-state index contributed by atoms with van der Waals surface area (Å²) in [5.41, 5.74) is 2.77. The van der Waals surface area contributed by atoms with Crippen molar-refractivity contribution in [1.29, 1.82) is 0 Å². The van der Waals surface area contributed by atoms with E-state index in [4.69, 9.17) is 0 Å². The first kappa shape index (κ1) is 31.4. The number of unbranched alkanes of at least 4 members (excludes halogenated alkanes) is 1. The molecule has 8 nitrogen and oxygen atoms in total. The fourth-order valence-electron chi connectivity index (χ4n) is 3.02. The maximum Gasteiger partial charge on any atom is 0.302 e. The molecule has 0 aliphatic carbocycles. The number of aliphatic hydroxyl groups is 1. The number of carbonyl (C=O) groups is 1. The Labute approximate surface area is 221 Å². The summed E-state index contributed by atoms with van der Waals surface area (Å²) in [4.78, 5) is 19.7. The van der Waals surface area contributed by atoms with E-state index in [1.165, 1.54) is 6.92 Å². The van der Waals surface area contributed by atoms with Crippen LogP contribution < -0.4 is 10.6 Å². The normalized spacial score (nSPS) is 12.7. The van der Waals surface area contributed by atoms with Gasteiger partial charge in [0.05, 0.1) is 12.4 Å². The van der Waals surface area contributed by atoms with Gasteiger partial charge in [0, 0.05) is 48.5 Å². The highest BCUT2D eigenvalue weighted by atomic mass is 32.2. The van der Waals surface area contributed by atoms with Crippen molar-refractivity contribution in [3.8, 4) is 0 Å². The molecule has 0 aliphatic rings. The molecule has 2 rings (SSSR count). The number of nitrogens with one attached hydrogen (secondary N) is 2. The Kier molecular flexibility index (Phi) is 13.8. The van der Waals surface area contributed by atoms with Gasteiger partial charge < -0.3 is 20.5 Å². The zero-order valence-electron chi connectivity index (χ0n) is 22.5. The van der Waals surface area contributed by atoms with Gasteiger partial charge in [-0.25, -0.2) is 4.98 Å². The van der Waals surface area contributed by atoms with Crippen LogP contribution in [0.2, 0.25) is 0 Å². The molecule has 0 amide bonds. The Morgan fingerprint density at radius 1 is 1.22 bits per heavy atom. The molecule has 1 heterocycles. The molecule has 0 aliphatic heterocycles. The van der Waals surface area contributed by atoms with Crippen LogP contribution in [0.4, 0.5) is 17.5 Å². The minimum Gasteiger partial charge on any atom is -0.513 e.